The summed E-state index contributed by atoms with van der Waals surface area (Å²) in [5.41, 5.74) is 7.10. The molecule has 0 spiro atoms. The van der Waals surface area contributed by atoms with Crippen molar-refractivity contribution in [3.8, 4) is 0 Å². The fourth-order valence-electron chi connectivity index (χ4n) is 4.14. The Hall–Kier alpha value is -1.39. The summed E-state index contributed by atoms with van der Waals surface area (Å²) in [6.45, 7) is 4.28. The first-order chi connectivity index (χ1) is 11.6. The summed E-state index contributed by atoms with van der Waals surface area (Å²) >= 11 is 0. The van der Waals surface area contributed by atoms with Crippen LogP contribution < -0.4 is 11.1 Å². The lowest BCUT2D eigenvalue weighted by molar-refractivity contribution is -0.128. The third-order valence-electron chi connectivity index (χ3n) is 5.78. The normalized spacial score (nSPS) is 27.6. The fraction of sp³-hybridized carbons (Fsp3) is 0.650. The summed E-state index contributed by atoms with van der Waals surface area (Å²) in [5.74, 6) is 0.0795. The first-order valence-electron chi connectivity index (χ1n) is 9.45. The van der Waals surface area contributed by atoms with Gasteiger partial charge in [-0.1, -0.05) is 49.6 Å². The molecule has 1 aromatic rings. The zero-order chi connectivity index (χ0) is 17.0. The van der Waals surface area contributed by atoms with Crippen LogP contribution in [0.3, 0.4) is 0 Å². The van der Waals surface area contributed by atoms with E-state index < -0.39 is 5.54 Å². The average Bonchev–Trinajstić information content (AvgIpc) is 2.59. The summed E-state index contributed by atoms with van der Waals surface area (Å²) in [5, 5.41) is 3.25. The van der Waals surface area contributed by atoms with E-state index >= 15 is 0 Å². The molecule has 1 saturated heterocycles. The molecule has 132 valence electrons. The van der Waals surface area contributed by atoms with Gasteiger partial charge in [0.05, 0.1) is 5.54 Å². The number of carbonyl (C=O) groups excluding carboxylic acids is 1. The predicted octanol–water partition coefficient (Wildman–Crippen LogP) is 2.82. The van der Waals surface area contributed by atoms with Gasteiger partial charge in [-0.2, -0.15) is 0 Å². The number of carbonyl (C=O) groups is 1. The molecule has 3 rings (SSSR count). The minimum Gasteiger partial charge on any atom is -0.352 e. The van der Waals surface area contributed by atoms with E-state index in [0.29, 0.717) is 6.04 Å². The molecule has 1 amide bonds. The molecule has 0 radical (unpaired) electrons. The van der Waals surface area contributed by atoms with Crippen molar-refractivity contribution in [1.29, 1.82) is 0 Å². The second-order valence-corrected chi connectivity index (χ2v) is 7.72. The number of amides is 1. The second kappa shape index (κ2) is 7.66. The van der Waals surface area contributed by atoms with Gasteiger partial charge in [0, 0.05) is 25.2 Å². The van der Waals surface area contributed by atoms with E-state index in [2.05, 4.69) is 47.5 Å². The summed E-state index contributed by atoms with van der Waals surface area (Å²) in [7, 11) is 0. The van der Waals surface area contributed by atoms with Crippen LogP contribution in [0.2, 0.25) is 0 Å². The molecule has 4 heteroatoms. The smallest absolute Gasteiger partial charge is 0.240 e. The van der Waals surface area contributed by atoms with Gasteiger partial charge in [-0.25, -0.2) is 0 Å². The molecule has 2 unspecified atom stereocenters. The van der Waals surface area contributed by atoms with Gasteiger partial charge in [-0.15, -0.1) is 0 Å². The van der Waals surface area contributed by atoms with Crippen molar-refractivity contribution in [1.82, 2.24) is 10.2 Å². The third-order valence-corrected chi connectivity index (χ3v) is 5.78. The molecule has 1 saturated carbocycles. The van der Waals surface area contributed by atoms with E-state index in [9.17, 15) is 4.79 Å². The number of hydrogen-bond acceptors (Lipinski definition) is 3. The maximum atomic E-state index is 12.6. The van der Waals surface area contributed by atoms with Crippen molar-refractivity contribution >= 4 is 5.91 Å². The number of piperidine rings is 1. The Bertz CT molecular complexity index is 539. The van der Waals surface area contributed by atoms with Crippen molar-refractivity contribution in [2.45, 2.75) is 76.0 Å². The number of nitrogens with one attached hydrogen (secondary N) is 1. The third kappa shape index (κ3) is 4.17. The first-order valence-corrected chi connectivity index (χ1v) is 9.45. The quantitative estimate of drug-likeness (QED) is 0.893. The Morgan fingerprint density at radius 2 is 1.96 bits per heavy atom. The first kappa shape index (κ1) is 17.4. The van der Waals surface area contributed by atoms with E-state index in [4.69, 9.17) is 5.73 Å². The maximum absolute atomic E-state index is 12.6. The number of hydrogen-bond donors (Lipinski definition) is 2. The molecule has 2 fully saturated rings. The average molecular weight is 329 g/mol. The van der Waals surface area contributed by atoms with Gasteiger partial charge in [0.1, 0.15) is 0 Å². The van der Waals surface area contributed by atoms with E-state index in [1.165, 1.54) is 12.0 Å². The van der Waals surface area contributed by atoms with Crippen LogP contribution in [0, 0.1) is 0 Å². The predicted molar refractivity (Wildman–Crippen MR) is 97.5 cm³/mol. The molecule has 2 atom stereocenters. The number of nitrogens with two attached hydrogens (primary N) is 1. The van der Waals surface area contributed by atoms with Crippen molar-refractivity contribution in [2.75, 3.05) is 6.54 Å². The van der Waals surface area contributed by atoms with Crippen LogP contribution in [-0.4, -0.2) is 35.0 Å². The highest BCUT2D eigenvalue weighted by atomic mass is 16.2. The zero-order valence-electron chi connectivity index (χ0n) is 14.8. The fourth-order valence-corrected chi connectivity index (χ4v) is 4.14. The largest absolute Gasteiger partial charge is 0.352 e. The molecule has 0 aromatic heterocycles. The van der Waals surface area contributed by atoms with Gasteiger partial charge >= 0.3 is 0 Å². The van der Waals surface area contributed by atoms with Crippen molar-refractivity contribution in [3.63, 3.8) is 0 Å². The number of likely N-dealkylation sites (tertiary alicyclic amines) is 1. The van der Waals surface area contributed by atoms with Gasteiger partial charge in [-0.3, -0.25) is 9.69 Å². The molecule has 4 nitrogen and oxygen atoms in total. The lowest BCUT2D eigenvalue weighted by Gasteiger charge is -2.40. The van der Waals surface area contributed by atoms with Crippen LogP contribution in [0.1, 0.15) is 57.4 Å². The van der Waals surface area contributed by atoms with Crippen LogP contribution in [0.15, 0.2) is 30.3 Å². The number of benzene rings is 1. The minimum absolute atomic E-state index is 0.0795. The van der Waals surface area contributed by atoms with E-state index in [1.807, 2.05) is 0 Å². The van der Waals surface area contributed by atoms with Crippen LogP contribution in [0.4, 0.5) is 0 Å². The molecule has 1 aliphatic heterocycles. The Kier molecular flexibility index (Phi) is 5.57. The Balaban J connectivity index is 1.51. The van der Waals surface area contributed by atoms with Gasteiger partial charge in [0.15, 0.2) is 0 Å². The summed E-state index contributed by atoms with van der Waals surface area (Å²) in [6.07, 6.45) is 7.06. The molecule has 24 heavy (non-hydrogen) atoms. The lowest BCUT2D eigenvalue weighted by atomic mass is 9.81. The minimum atomic E-state index is -0.622. The lowest BCUT2D eigenvalue weighted by Crippen LogP contribution is -2.59. The van der Waals surface area contributed by atoms with Gasteiger partial charge < -0.3 is 11.1 Å². The van der Waals surface area contributed by atoms with Crippen LogP contribution in [0.25, 0.3) is 0 Å². The highest BCUT2D eigenvalue weighted by molar-refractivity contribution is 5.86. The highest BCUT2D eigenvalue weighted by Crippen LogP contribution is 2.27. The molecule has 1 aliphatic carbocycles. The van der Waals surface area contributed by atoms with Gasteiger partial charge in [-0.05, 0) is 38.2 Å². The molecule has 1 heterocycles. The summed E-state index contributed by atoms with van der Waals surface area (Å²) < 4.78 is 0. The standard InChI is InChI=1S/C20H31N3O/c1-16-14-18(22-19(24)20(21)11-6-3-7-12-20)10-13-23(16)15-17-8-4-2-5-9-17/h2,4-5,8-9,16,18H,3,6-7,10-15,21H2,1H3,(H,22,24). The Morgan fingerprint density at radius 3 is 2.62 bits per heavy atom. The monoisotopic (exact) mass is 329 g/mol. The summed E-state index contributed by atoms with van der Waals surface area (Å²) in [6, 6.07) is 11.4. The number of rotatable bonds is 4. The SMILES string of the molecule is CC1CC(NC(=O)C2(N)CCCCC2)CCN1Cc1ccccc1. The van der Waals surface area contributed by atoms with Gasteiger partial charge in [0.25, 0.3) is 0 Å². The van der Waals surface area contributed by atoms with Crippen molar-refractivity contribution in [2.24, 2.45) is 5.73 Å². The maximum Gasteiger partial charge on any atom is 0.240 e. The van der Waals surface area contributed by atoms with Crippen molar-refractivity contribution in [3.05, 3.63) is 35.9 Å². The van der Waals surface area contributed by atoms with E-state index in [-0.39, 0.29) is 11.9 Å². The molecular weight excluding hydrogens is 298 g/mol. The van der Waals surface area contributed by atoms with Crippen LogP contribution in [-0.2, 0) is 11.3 Å². The Labute approximate surface area is 145 Å². The van der Waals surface area contributed by atoms with Crippen molar-refractivity contribution < 1.29 is 4.79 Å². The summed E-state index contributed by atoms with van der Waals surface area (Å²) in [4.78, 5) is 15.1. The Morgan fingerprint density at radius 1 is 1.25 bits per heavy atom. The molecular formula is C20H31N3O. The van der Waals surface area contributed by atoms with E-state index in [0.717, 1.165) is 51.6 Å². The highest BCUT2D eigenvalue weighted by Gasteiger charge is 2.37. The van der Waals surface area contributed by atoms with Crippen LogP contribution >= 0.6 is 0 Å². The second-order valence-electron chi connectivity index (χ2n) is 7.72. The van der Waals surface area contributed by atoms with Crippen LogP contribution in [0.5, 0.6) is 0 Å². The topological polar surface area (TPSA) is 58.4 Å². The molecule has 0 bridgehead atoms. The zero-order valence-corrected chi connectivity index (χ0v) is 14.8. The van der Waals surface area contributed by atoms with Gasteiger partial charge in [0.2, 0.25) is 5.91 Å². The molecule has 1 aromatic carbocycles. The molecule has 3 N–H and O–H groups in total. The van der Waals surface area contributed by atoms with E-state index in [1.54, 1.807) is 0 Å². The molecule has 2 aliphatic rings. The number of nitrogens with zero attached hydrogens (tertiary/aromatic N) is 1.